The lowest BCUT2D eigenvalue weighted by molar-refractivity contribution is -0.155. The van der Waals surface area contributed by atoms with Crippen LogP contribution in [0.25, 0.3) is 0 Å². The second-order valence-corrected chi connectivity index (χ2v) is 12.9. The molecule has 0 fully saturated rings. The molecule has 0 aliphatic rings. The molecule has 3 atom stereocenters. The predicted octanol–water partition coefficient (Wildman–Crippen LogP) is 1.31. The van der Waals surface area contributed by atoms with E-state index in [4.69, 9.17) is 21.9 Å². The van der Waals surface area contributed by atoms with Crippen molar-refractivity contribution in [1.82, 2.24) is 16.0 Å². The van der Waals surface area contributed by atoms with E-state index in [1.165, 1.54) is 0 Å². The smallest absolute Gasteiger partial charge is 0.306 e. The molecule has 3 aromatic carbocycles. The summed E-state index contributed by atoms with van der Waals surface area (Å²) in [5, 5.41) is 8.29. The zero-order valence-electron chi connectivity index (χ0n) is 28.5. The van der Waals surface area contributed by atoms with Gasteiger partial charge in [0.15, 0.2) is 5.78 Å². The summed E-state index contributed by atoms with van der Waals surface area (Å²) in [6.07, 6.45) is -1.25. The third kappa shape index (κ3) is 11.3. The van der Waals surface area contributed by atoms with E-state index in [0.29, 0.717) is 0 Å². The molecule has 3 aromatic rings. The monoisotopic (exact) mass is 686 g/mol. The fourth-order valence-corrected chi connectivity index (χ4v) is 5.37. The first-order valence-electron chi connectivity index (χ1n) is 16.2. The quantitative estimate of drug-likeness (QED) is 0.0837. The van der Waals surface area contributed by atoms with E-state index in [1.54, 1.807) is 20.8 Å². The molecule has 13 heteroatoms. The van der Waals surface area contributed by atoms with Crippen LogP contribution in [0.3, 0.4) is 0 Å². The number of esters is 1. The van der Waals surface area contributed by atoms with E-state index in [2.05, 4.69) is 16.0 Å². The van der Waals surface area contributed by atoms with Crippen molar-refractivity contribution in [3.8, 4) is 0 Å². The van der Waals surface area contributed by atoms with E-state index in [-0.39, 0.29) is 12.8 Å². The van der Waals surface area contributed by atoms with Crippen LogP contribution in [0.5, 0.6) is 0 Å². The second kappa shape index (κ2) is 17.8. The van der Waals surface area contributed by atoms with Crippen molar-refractivity contribution in [2.45, 2.75) is 75.7 Å². The van der Waals surface area contributed by atoms with Gasteiger partial charge in [0.25, 0.3) is 0 Å². The molecule has 0 spiro atoms. The normalized spacial score (nSPS) is 13.3. The molecule has 0 aliphatic heterocycles. The van der Waals surface area contributed by atoms with Crippen molar-refractivity contribution < 1.29 is 33.5 Å². The van der Waals surface area contributed by atoms with E-state index in [0.717, 1.165) is 16.7 Å². The van der Waals surface area contributed by atoms with Crippen LogP contribution in [0.2, 0.25) is 0 Å². The number of rotatable bonds is 18. The molecule has 0 bridgehead atoms. The van der Waals surface area contributed by atoms with Gasteiger partial charge in [0.2, 0.25) is 23.6 Å². The summed E-state index contributed by atoms with van der Waals surface area (Å²) in [7, 11) is 0. The Bertz CT molecular complexity index is 1530. The Morgan fingerprint density at radius 2 is 1.20 bits per heavy atom. The minimum atomic E-state index is -1.44. The zero-order chi connectivity index (χ0) is 36.9. The molecular weight excluding hydrogens is 640 g/mol. The molecule has 9 N–H and O–H groups in total. The number of benzene rings is 3. The summed E-state index contributed by atoms with van der Waals surface area (Å²) in [6.45, 7) is 4.58. The minimum Gasteiger partial charge on any atom is -0.460 e. The van der Waals surface area contributed by atoms with Gasteiger partial charge in [-0.05, 0) is 43.9 Å². The highest BCUT2D eigenvalue weighted by atomic mass is 16.6. The van der Waals surface area contributed by atoms with Crippen molar-refractivity contribution >= 4 is 35.4 Å². The van der Waals surface area contributed by atoms with E-state index in [9.17, 15) is 28.8 Å². The molecule has 0 unspecified atom stereocenters. The molecule has 0 aliphatic carbocycles. The highest BCUT2D eigenvalue weighted by Gasteiger charge is 2.39. The summed E-state index contributed by atoms with van der Waals surface area (Å²) >= 11 is 0. The first-order chi connectivity index (χ1) is 23.6. The summed E-state index contributed by atoms with van der Waals surface area (Å²) in [5.41, 5.74) is 17.0. The lowest BCUT2D eigenvalue weighted by Crippen LogP contribution is -2.55. The fourth-order valence-electron chi connectivity index (χ4n) is 5.37. The van der Waals surface area contributed by atoms with Crippen LogP contribution in [0.4, 0.5) is 0 Å². The van der Waals surface area contributed by atoms with Gasteiger partial charge in [-0.3, -0.25) is 34.1 Å². The van der Waals surface area contributed by atoms with Crippen LogP contribution in [0, 0.1) is 0 Å². The van der Waals surface area contributed by atoms with E-state index < -0.39 is 84.0 Å². The number of carbonyl (C=O) groups is 6. The third-order valence-electron chi connectivity index (χ3n) is 7.73. The maximum Gasteiger partial charge on any atom is 0.306 e. The second-order valence-electron chi connectivity index (χ2n) is 12.9. The number of hydrogen-bond donors (Lipinski definition) is 6. The Balaban J connectivity index is 1.94. The van der Waals surface area contributed by atoms with Crippen LogP contribution in [0.15, 0.2) is 91.0 Å². The first-order valence-corrected chi connectivity index (χ1v) is 16.2. The van der Waals surface area contributed by atoms with Crippen LogP contribution in [0.1, 0.15) is 63.1 Å². The summed E-state index contributed by atoms with van der Waals surface area (Å²) < 4.78 is 5.28. The van der Waals surface area contributed by atoms with Crippen molar-refractivity contribution in [2.75, 3.05) is 6.54 Å². The Morgan fingerprint density at radius 1 is 0.720 bits per heavy atom. The molecule has 3 rings (SSSR count). The fraction of sp³-hybridized carbons (Fsp3) is 0.351. The molecule has 50 heavy (non-hydrogen) atoms. The lowest BCUT2D eigenvalue weighted by Gasteiger charge is -2.37. The molecule has 4 amide bonds. The standard InChI is InChI=1S/C37H46N6O7/c1-36(2,3)50-33(47)20-19-27(38)35(49)42-28(30(44)23-41-29(34(40)48)21-31(39)45)22-32(46)43-37(24-13-7-4-8-14-24,25-15-9-5-10-16-25)26-17-11-6-12-18-26/h4-18,27-29,41H,19-23,38H2,1-3H3,(H2,39,45)(H2,40,48)(H,42,49)(H,43,46)/t27-,28-,29-/m0/s1. The Labute approximate surface area is 291 Å². The van der Waals surface area contributed by atoms with E-state index >= 15 is 0 Å². The minimum absolute atomic E-state index is 0.0897. The topological polar surface area (TPSA) is 226 Å². The van der Waals surface area contributed by atoms with Gasteiger partial charge >= 0.3 is 5.97 Å². The maximum atomic E-state index is 14.1. The van der Waals surface area contributed by atoms with Gasteiger partial charge in [-0.25, -0.2) is 0 Å². The largest absolute Gasteiger partial charge is 0.460 e. The summed E-state index contributed by atoms with van der Waals surface area (Å²) in [5.74, 6) is -4.39. The number of hydrogen-bond acceptors (Lipinski definition) is 9. The van der Waals surface area contributed by atoms with Gasteiger partial charge in [0.1, 0.15) is 11.1 Å². The molecular formula is C37H46N6O7. The predicted molar refractivity (Wildman–Crippen MR) is 187 cm³/mol. The van der Waals surface area contributed by atoms with Crippen molar-refractivity contribution in [3.05, 3.63) is 108 Å². The highest BCUT2D eigenvalue weighted by molar-refractivity contribution is 5.96. The molecule has 0 radical (unpaired) electrons. The number of amides is 4. The Hall–Kier alpha value is -5.40. The molecule has 266 valence electrons. The number of primary amides is 2. The van der Waals surface area contributed by atoms with Gasteiger partial charge < -0.3 is 32.6 Å². The number of ketones is 1. The zero-order valence-corrected chi connectivity index (χ0v) is 28.5. The lowest BCUT2D eigenvalue weighted by atomic mass is 9.77. The molecule has 0 saturated carbocycles. The Morgan fingerprint density at radius 3 is 1.62 bits per heavy atom. The summed E-state index contributed by atoms with van der Waals surface area (Å²) in [4.78, 5) is 76.6. The molecule has 13 nitrogen and oxygen atoms in total. The van der Waals surface area contributed by atoms with Crippen molar-refractivity contribution in [2.24, 2.45) is 17.2 Å². The van der Waals surface area contributed by atoms with Crippen LogP contribution in [-0.4, -0.2) is 65.7 Å². The van der Waals surface area contributed by atoms with Crippen LogP contribution >= 0.6 is 0 Å². The molecule has 0 heterocycles. The van der Waals surface area contributed by atoms with Gasteiger partial charge in [0.05, 0.1) is 37.5 Å². The number of ether oxygens (including phenoxy) is 1. The average Bonchev–Trinajstić information content (AvgIpc) is 3.07. The number of Topliss-reactive ketones (excluding diaryl/α,β-unsaturated/α-hetero) is 1. The number of nitrogens with two attached hydrogens (primary N) is 3. The van der Waals surface area contributed by atoms with Gasteiger partial charge in [-0.2, -0.15) is 0 Å². The van der Waals surface area contributed by atoms with Gasteiger partial charge in [-0.1, -0.05) is 91.0 Å². The molecule has 0 saturated heterocycles. The maximum absolute atomic E-state index is 14.1. The van der Waals surface area contributed by atoms with E-state index in [1.807, 2.05) is 91.0 Å². The van der Waals surface area contributed by atoms with Crippen molar-refractivity contribution in [3.63, 3.8) is 0 Å². The third-order valence-corrected chi connectivity index (χ3v) is 7.73. The van der Waals surface area contributed by atoms with Crippen molar-refractivity contribution in [1.29, 1.82) is 0 Å². The number of nitrogens with one attached hydrogen (secondary N) is 3. The molecule has 0 aromatic heterocycles. The van der Waals surface area contributed by atoms with Gasteiger partial charge in [-0.15, -0.1) is 0 Å². The number of carbonyl (C=O) groups excluding carboxylic acids is 6. The SMILES string of the molecule is CC(C)(C)OC(=O)CC[C@H](N)C(=O)N[C@@H](CC(=O)NC(c1ccccc1)(c1ccccc1)c1ccccc1)C(=O)CN[C@@H](CC(N)=O)C(N)=O. The Kier molecular flexibility index (Phi) is 13.9. The first kappa shape index (κ1) is 39.0. The average molecular weight is 687 g/mol. The van der Waals surface area contributed by atoms with Crippen LogP contribution in [-0.2, 0) is 39.0 Å². The highest BCUT2D eigenvalue weighted by Crippen LogP contribution is 2.37. The van der Waals surface area contributed by atoms with Gasteiger partial charge in [0, 0.05) is 6.42 Å². The van der Waals surface area contributed by atoms with Crippen LogP contribution < -0.4 is 33.2 Å². The summed E-state index contributed by atoms with van der Waals surface area (Å²) in [6, 6.07) is 24.0.